The highest BCUT2D eigenvalue weighted by Gasteiger charge is 2.27. The van der Waals surface area contributed by atoms with Crippen molar-refractivity contribution in [3.63, 3.8) is 0 Å². The first-order valence-corrected chi connectivity index (χ1v) is 23.4. The van der Waals surface area contributed by atoms with Gasteiger partial charge in [-0.1, -0.05) is 161 Å². The van der Waals surface area contributed by atoms with Gasteiger partial charge in [-0.15, -0.1) is 0 Å². The maximum atomic E-state index is 12.7. The van der Waals surface area contributed by atoms with Crippen LogP contribution in [0.2, 0.25) is 0 Å². The summed E-state index contributed by atoms with van der Waals surface area (Å²) in [4.78, 5) is 35.3. The molecule has 0 saturated heterocycles. The summed E-state index contributed by atoms with van der Waals surface area (Å²) in [6.45, 7) is 4.42. The van der Waals surface area contributed by atoms with E-state index in [1.807, 2.05) is 21.1 Å². The summed E-state index contributed by atoms with van der Waals surface area (Å²) in [5.74, 6) is -0.808. The highest BCUT2D eigenvalue weighted by Crippen LogP contribution is 2.43. The van der Waals surface area contributed by atoms with E-state index in [0.29, 0.717) is 17.4 Å². The van der Waals surface area contributed by atoms with Crippen molar-refractivity contribution in [3.05, 3.63) is 12.2 Å². The van der Waals surface area contributed by atoms with Crippen molar-refractivity contribution in [3.8, 4) is 0 Å². The number of hydrogen-bond donors (Lipinski definition) is 1. The van der Waals surface area contributed by atoms with Crippen LogP contribution in [0.4, 0.5) is 0 Å². The molecule has 0 saturated carbocycles. The molecule has 1 unspecified atom stereocenters. The zero-order chi connectivity index (χ0) is 39.3. The molecule has 0 aliphatic rings. The van der Waals surface area contributed by atoms with E-state index in [0.717, 1.165) is 44.9 Å². The van der Waals surface area contributed by atoms with Gasteiger partial charge in [-0.25, -0.2) is 4.57 Å². The van der Waals surface area contributed by atoms with Crippen molar-refractivity contribution < 1.29 is 42.1 Å². The highest BCUT2D eigenvalue weighted by molar-refractivity contribution is 7.47. The lowest BCUT2D eigenvalue weighted by Crippen LogP contribution is -2.37. The van der Waals surface area contributed by atoms with E-state index in [4.69, 9.17) is 18.5 Å². The normalized spacial score (nSPS) is 13.7. The second-order valence-electron chi connectivity index (χ2n) is 16.1. The summed E-state index contributed by atoms with van der Waals surface area (Å²) in [7, 11) is 1.48. The molecule has 0 radical (unpaired) electrons. The van der Waals surface area contributed by atoms with Crippen molar-refractivity contribution in [2.45, 2.75) is 206 Å². The zero-order valence-electron chi connectivity index (χ0n) is 35.3. The Hall–Kier alpha value is -1.25. The predicted octanol–water partition coefficient (Wildman–Crippen LogP) is 12.2. The molecule has 0 aliphatic carbocycles. The van der Waals surface area contributed by atoms with E-state index in [2.05, 4.69) is 26.0 Å². The number of phosphoric acid groups is 1. The van der Waals surface area contributed by atoms with Gasteiger partial charge in [0, 0.05) is 12.8 Å². The van der Waals surface area contributed by atoms with Crippen molar-refractivity contribution in [1.82, 2.24) is 0 Å². The van der Waals surface area contributed by atoms with Gasteiger partial charge in [-0.2, -0.15) is 0 Å². The van der Waals surface area contributed by atoms with Crippen LogP contribution in [0.5, 0.6) is 0 Å². The molecule has 0 bridgehead atoms. The van der Waals surface area contributed by atoms with E-state index in [1.54, 1.807) is 0 Å². The molecule has 0 heterocycles. The number of quaternary nitrogens is 1. The first kappa shape index (κ1) is 51.8. The fourth-order valence-electron chi connectivity index (χ4n) is 6.07. The number of hydrogen-bond acceptors (Lipinski definition) is 7. The molecule has 314 valence electrons. The van der Waals surface area contributed by atoms with Crippen LogP contribution in [-0.4, -0.2) is 74.9 Å². The van der Waals surface area contributed by atoms with Gasteiger partial charge in [-0.3, -0.25) is 18.6 Å². The fourth-order valence-corrected chi connectivity index (χ4v) is 6.81. The van der Waals surface area contributed by atoms with Gasteiger partial charge >= 0.3 is 19.8 Å². The molecule has 0 rings (SSSR count). The Kier molecular flexibility index (Phi) is 35.5. The lowest BCUT2D eigenvalue weighted by molar-refractivity contribution is -0.870. The number of nitrogens with zero attached hydrogens (tertiary/aromatic N) is 1. The number of carbonyl (C=O) groups excluding carboxylic acids is 2. The van der Waals surface area contributed by atoms with Gasteiger partial charge in [0.05, 0.1) is 27.7 Å². The van der Waals surface area contributed by atoms with Crippen LogP contribution in [0.3, 0.4) is 0 Å². The highest BCUT2D eigenvalue weighted by atomic mass is 31.2. The predicted molar refractivity (Wildman–Crippen MR) is 220 cm³/mol. The average molecular weight is 775 g/mol. The maximum Gasteiger partial charge on any atom is 0.472 e. The molecule has 1 N–H and O–H groups in total. The maximum absolute atomic E-state index is 12.7. The Labute approximate surface area is 326 Å². The number of phosphoric ester groups is 1. The Morgan fingerprint density at radius 3 is 1.42 bits per heavy atom. The minimum absolute atomic E-state index is 0.0326. The summed E-state index contributed by atoms with van der Waals surface area (Å²) in [6.07, 6.45) is 36.8. The van der Waals surface area contributed by atoms with E-state index in [1.165, 1.54) is 122 Å². The molecule has 0 aromatic rings. The third-order valence-corrected chi connectivity index (χ3v) is 10.5. The Morgan fingerprint density at radius 2 is 0.962 bits per heavy atom. The van der Waals surface area contributed by atoms with Crippen LogP contribution < -0.4 is 0 Å². The van der Waals surface area contributed by atoms with Crippen LogP contribution in [0.1, 0.15) is 200 Å². The molecule has 0 spiro atoms. The number of carbonyl (C=O) groups is 2. The van der Waals surface area contributed by atoms with E-state index >= 15 is 0 Å². The average Bonchev–Trinajstić information content (AvgIpc) is 3.10. The van der Waals surface area contributed by atoms with Gasteiger partial charge in [0.2, 0.25) is 0 Å². The molecule has 9 nitrogen and oxygen atoms in total. The molecule has 0 aromatic heterocycles. The third kappa shape index (κ3) is 40.2. The monoisotopic (exact) mass is 775 g/mol. The zero-order valence-corrected chi connectivity index (χ0v) is 36.2. The largest absolute Gasteiger partial charge is 0.472 e. The minimum atomic E-state index is -4.37. The smallest absolute Gasteiger partial charge is 0.462 e. The molecular weight excluding hydrogens is 689 g/mol. The van der Waals surface area contributed by atoms with E-state index < -0.39 is 26.5 Å². The molecular formula is C43H85NO8P+. The Bertz CT molecular complexity index is 922. The van der Waals surface area contributed by atoms with Crippen molar-refractivity contribution in [2.75, 3.05) is 47.5 Å². The second-order valence-corrected chi connectivity index (χ2v) is 17.5. The number of likely N-dealkylation sites (N-methyl/N-ethyl adjacent to an activating group) is 1. The van der Waals surface area contributed by atoms with Gasteiger partial charge in [0.25, 0.3) is 0 Å². The van der Waals surface area contributed by atoms with Crippen LogP contribution in [-0.2, 0) is 32.7 Å². The summed E-state index contributed by atoms with van der Waals surface area (Å²) in [5, 5.41) is 0. The molecule has 10 heteroatoms. The fraction of sp³-hybridized carbons (Fsp3) is 0.907. The number of rotatable bonds is 40. The molecule has 0 aromatic carbocycles. The van der Waals surface area contributed by atoms with Gasteiger partial charge in [0.15, 0.2) is 6.10 Å². The van der Waals surface area contributed by atoms with Crippen LogP contribution >= 0.6 is 7.82 Å². The molecule has 0 amide bonds. The molecule has 0 fully saturated rings. The minimum Gasteiger partial charge on any atom is -0.462 e. The number of unbranched alkanes of at least 4 members (excludes halogenated alkanes) is 24. The number of esters is 2. The summed E-state index contributed by atoms with van der Waals surface area (Å²) >= 11 is 0. The summed E-state index contributed by atoms with van der Waals surface area (Å²) in [6, 6.07) is 0. The quantitative estimate of drug-likeness (QED) is 0.0215. The van der Waals surface area contributed by atoms with Crippen molar-refractivity contribution in [1.29, 1.82) is 0 Å². The number of ether oxygens (including phenoxy) is 2. The lowest BCUT2D eigenvalue weighted by atomic mass is 10.0. The first-order chi connectivity index (χ1) is 25.5. The van der Waals surface area contributed by atoms with E-state index in [9.17, 15) is 19.0 Å². The Balaban J connectivity index is 4.35. The first-order valence-electron chi connectivity index (χ1n) is 21.9. The second kappa shape index (κ2) is 36.4. The van der Waals surface area contributed by atoms with Crippen LogP contribution in [0.25, 0.3) is 0 Å². The molecule has 2 atom stereocenters. The van der Waals surface area contributed by atoms with Gasteiger partial charge < -0.3 is 18.9 Å². The standard InChI is InChI=1S/C43H84NO8P/c1-6-8-10-12-14-16-18-20-21-22-24-26-28-30-32-34-36-43(46)52-41(40-51-53(47,48)50-38-37-44(3,4)5)39-49-42(45)35-33-31-29-27-25-23-19-17-15-13-11-9-7-2/h23,25,41H,6-22,24,26-40H2,1-5H3/p+1/b25-23+/t41-/m1/s1. The topological polar surface area (TPSA) is 108 Å². The van der Waals surface area contributed by atoms with Crippen molar-refractivity contribution >= 4 is 19.8 Å². The Morgan fingerprint density at radius 1 is 0.566 bits per heavy atom. The molecule has 53 heavy (non-hydrogen) atoms. The van der Waals surface area contributed by atoms with Crippen molar-refractivity contribution in [2.24, 2.45) is 0 Å². The SMILES string of the molecule is CCCCCCCC/C=C/CCCCCC(=O)OC[C@H](COP(=O)(O)OCC[N+](C)(C)C)OC(=O)CCCCCCCCCCCCCCCCCC. The molecule has 0 aliphatic heterocycles. The van der Waals surface area contributed by atoms with E-state index in [-0.39, 0.29) is 32.0 Å². The van der Waals surface area contributed by atoms with Crippen LogP contribution in [0.15, 0.2) is 12.2 Å². The number of allylic oxidation sites excluding steroid dienone is 2. The summed E-state index contributed by atoms with van der Waals surface area (Å²) in [5.41, 5.74) is 0. The van der Waals surface area contributed by atoms with Gasteiger partial charge in [-0.05, 0) is 38.5 Å². The van der Waals surface area contributed by atoms with Crippen LogP contribution in [0, 0.1) is 0 Å². The third-order valence-electron chi connectivity index (χ3n) is 9.55. The lowest BCUT2D eigenvalue weighted by Gasteiger charge is -2.24. The van der Waals surface area contributed by atoms with Gasteiger partial charge in [0.1, 0.15) is 19.8 Å². The summed E-state index contributed by atoms with van der Waals surface area (Å²) < 4.78 is 34.3.